The van der Waals surface area contributed by atoms with Gasteiger partial charge in [-0.1, -0.05) is 19.6 Å². The number of ether oxygens (including phenoxy) is 1. The van der Waals surface area contributed by atoms with E-state index in [0.717, 1.165) is 0 Å². The molecule has 1 amide bonds. The van der Waals surface area contributed by atoms with Crippen LogP contribution in [0.4, 0.5) is 4.39 Å². The molecule has 3 aromatic rings. The monoisotopic (exact) mass is 493 g/mol. The first-order valence-electron chi connectivity index (χ1n) is 11.5. The summed E-state index contributed by atoms with van der Waals surface area (Å²) in [4.78, 5) is 42.5. The molecule has 0 aliphatic carbocycles. The van der Waals surface area contributed by atoms with Crippen molar-refractivity contribution in [3.8, 4) is 11.4 Å². The van der Waals surface area contributed by atoms with Crippen molar-refractivity contribution in [1.29, 1.82) is 0 Å². The van der Waals surface area contributed by atoms with E-state index in [1.807, 2.05) is 0 Å². The molecular weight excluding hydrogens is 469 g/mol. The lowest BCUT2D eigenvalue weighted by atomic mass is 9.86. The average molecular weight is 493 g/mol. The van der Waals surface area contributed by atoms with Crippen LogP contribution in [0.15, 0.2) is 23.5 Å². The molecule has 36 heavy (non-hydrogen) atoms. The second-order valence-electron chi connectivity index (χ2n) is 8.95. The molecule has 1 atom stereocenters. The molecular formula is C26H24FN3O6. The highest BCUT2D eigenvalue weighted by Crippen LogP contribution is 2.41. The highest BCUT2D eigenvalue weighted by molar-refractivity contribution is 5.96. The number of cyclic esters (lactones) is 1. The van der Waals surface area contributed by atoms with Gasteiger partial charge in [0.05, 0.1) is 29.0 Å². The predicted molar refractivity (Wildman–Crippen MR) is 128 cm³/mol. The van der Waals surface area contributed by atoms with Gasteiger partial charge in [0.25, 0.3) is 5.56 Å². The van der Waals surface area contributed by atoms with E-state index in [2.05, 4.69) is 11.9 Å². The van der Waals surface area contributed by atoms with Crippen LogP contribution in [-0.4, -0.2) is 38.2 Å². The number of nitrogens with one attached hydrogen (secondary N) is 1. The minimum Gasteiger partial charge on any atom is -0.458 e. The molecule has 2 aromatic heterocycles. The average Bonchev–Trinajstić information content (AvgIpc) is 3.24. The number of aliphatic hydroxyl groups excluding tert-OH is 1. The van der Waals surface area contributed by atoms with Crippen LogP contribution in [0.25, 0.3) is 28.4 Å². The third-order valence-electron chi connectivity index (χ3n) is 7.15. The normalized spacial score (nSPS) is 17.9. The number of halogens is 1. The second kappa shape index (κ2) is 8.35. The van der Waals surface area contributed by atoms with Gasteiger partial charge in [-0.2, -0.15) is 0 Å². The number of nitrogens with zero attached hydrogens (tertiary/aromatic N) is 2. The summed E-state index contributed by atoms with van der Waals surface area (Å²) in [5, 5.41) is 23.5. The molecule has 0 spiro atoms. The van der Waals surface area contributed by atoms with Gasteiger partial charge in [0.1, 0.15) is 19.0 Å². The Balaban J connectivity index is 1.83. The fraction of sp³-hybridized carbons (Fsp3) is 0.308. The van der Waals surface area contributed by atoms with E-state index in [1.165, 1.54) is 16.7 Å². The van der Waals surface area contributed by atoms with Crippen LogP contribution in [0.1, 0.15) is 46.7 Å². The van der Waals surface area contributed by atoms with Gasteiger partial charge < -0.3 is 24.8 Å². The van der Waals surface area contributed by atoms with Crippen molar-refractivity contribution in [2.24, 2.45) is 0 Å². The molecule has 0 saturated heterocycles. The standard InChI is InChI=1S/C26H24FN3O6/c1-4-13-12(3)18(27)7-19-22(13)14(8-28-21(32)10-31)15-9-30-20(23(15)29-19)6-17-16(24(30)33)11-36-25(34)26(17,35)5-2/h4,6-7,31,35H,1,5,8-11H2,2-3H3,(H,28,32)/t26-/m0/s1. The maximum absolute atomic E-state index is 14.8. The van der Waals surface area contributed by atoms with E-state index in [4.69, 9.17) is 9.72 Å². The minimum atomic E-state index is -1.97. The quantitative estimate of drug-likeness (QED) is 0.361. The van der Waals surface area contributed by atoms with Crippen molar-refractivity contribution in [2.75, 3.05) is 6.61 Å². The summed E-state index contributed by atoms with van der Waals surface area (Å²) in [5.74, 6) is -1.91. The maximum atomic E-state index is 14.8. The van der Waals surface area contributed by atoms with Crippen LogP contribution in [0.5, 0.6) is 0 Å². The molecule has 10 heteroatoms. The molecule has 0 radical (unpaired) electrons. The van der Waals surface area contributed by atoms with Crippen molar-refractivity contribution < 1.29 is 28.9 Å². The number of carbonyl (C=O) groups excluding carboxylic acids is 2. The fourth-order valence-electron chi connectivity index (χ4n) is 5.13. The molecule has 2 aliphatic heterocycles. The fourth-order valence-corrected chi connectivity index (χ4v) is 5.13. The summed E-state index contributed by atoms with van der Waals surface area (Å²) in [6, 6.07) is 2.86. The Kier molecular flexibility index (Phi) is 5.53. The van der Waals surface area contributed by atoms with Gasteiger partial charge >= 0.3 is 5.97 Å². The lowest BCUT2D eigenvalue weighted by molar-refractivity contribution is -0.172. The van der Waals surface area contributed by atoms with Crippen molar-refractivity contribution in [3.05, 3.63) is 68.3 Å². The van der Waals surface area contributed by atoms with E-state index in [1.54, 1.807) is 19.9 Å². The van der Waals surface area contributed by atoms with E-state index in [-0.39, 0.29) is 37.2 Å². The Morgan fingerprint density at radius 1 is 1.36 bits per heavy atom. The highest BCUT2D eigenvalue weighted by atomic mass is 19.1. The molecule has 186 valence electrons. The Morgan fingerprint density at radius 3 is 2.78 bits per heavy atom. The van der Waals surface area contributed by atoms with E-state index in [9.17, 15) is 29.0 Å². The number of esters is 1. The van der Waals surface area contributed by atoms with Crippen molar-refractivity contribution >= 4 is 28.9 Å². The highest BCUT2D eigenvalue weighted by Gasteiger charge is 2.45. The van der Waals surface area contributed by atoms with Gasteiger partial charge in [0.2, 0.25) is 5.91 Å². The molecule has 3 N–H and O–H groups in total. The summed E-state index contributed by atoms with van der Waals surface area (Å²) in [5.41, 5.74) is 1.10. The van der Waals surface area contributed by atoms with Gasteiger partial charge in [-0.15, -0.1) is 0 Å². The predicted octanol–water partition coefficient (Wildman–Crippen LogP) is 1.78. The van der Waals surface area contributed by atoms with E-state index in [0.29, 0.717) is 44.5 Å². The summed E-state index contributed by atoms with van der Waals surface area (Å²) in [6.07, 6.45) is 1.52. The summed E-state index contributed by atoms with van der Waals surface area (Å²) < 4.78 is 21.4. The van der Waals surface area contributed by atoms with Crippen molar-refractivity contribution in [1.82, 2.24) is 14.9 Å². The van der Waals surface area contributed by atoms with Crippen LogP contribution < -0.4 is 10.9 Å². The zero-order valence-electron chi connectivity index (χ0n) is 19.8. The third-order valence-corrected chi connectivity index (χ3v) is 7.15. The Morgan fingerprint density at radius 2 is 2.11 bits per heavy atom. The van der Waals surface area contributed by atoms with Crippen molar-refractivity contribution in [3.63, 3.8) is 0 Å². The number of aromatic nitrogens is 2. The van der Waals surface area contributed by atoms with E-state index < -0.39 is 35.5 Å². The topological polar surface area (TPSA) is 131 Å². The van der Waals surface area contributed by atoms with Gasteiger partial charge in [0, 0.05) is 29.1 Å². The lowest BCUT2D eigenvalue weighted by Crippen LogP contribution is -2.44. The number of rotatable bonds is 5. The molecule has 1 aromatic carbocycles. The summed E-state index contributed by atoms with van der Waals surface area (Å²) in [7, 11) is 0. The Labute approximate surface area is 204 Å². The molecule has 2 aliphatic rings. The molecule has 0 bridgehead atoms. The number of hydrogen-bond donors (Lipinski definition) is 3. The van der Waals surface area contributed by atoms with Crippen molar-refractivity contribution in [2.45, 2.75) is 45.6 Å². The van der Waals surface area contributed by atoms with Crippen LogP contribution in [-0.2, 0) is 39.6 Å². The zero-order chi connectivity index (χ0) is 25.9. The number of pyridine rings is 2. The number of amides is 1. The Bertz CT molecular complexity index is 1560. The maximum Gasteiger partial charge on any atom is 0.343 e. The number of fused-ring (bicyclic) bond motifs is 5. The zero-order valence-corrected chi connectivity index (χ0v) is 19.8. The van der Waals surface area contributed by atoms with Gasteiger partial charge in [0.15, 0.2) is 5.60 Å². The minimum absolute atomic E-state index is 0.00436. The molecule has 0 saturated carbocycles. The molecule has 9 nitrogen and oxygen atoms in total. The molecule has 0 unspecified atom stereocenters. The first-order valence-corrected chi connectivity index (χ1v) is 11.5. The number of hydrogen-bond acceptors (Lipinski definition) is 7. The smallest absolute Gasteiger partial charge is 0.343 e. The summed E-state index contributed by atoms with van der Waals surface area (Å²) >= 11 is 0. The van der Waals surface area contributed by atoms with Gasteiger partial charge in [-0.3, -0.25) is 9.59 Å². The summed E-state index contributed by atoms with van der Waals surface area (Å²) in [6.45, 7) is 6.19. The first kappa shape index (κ1) is 23.8. The molecule has 4 heterocycles. The number of benzene rings is 1. The third kappa shape index (κ3) is 3.21. The Hall–Kier alpha value is -3.89. The van der Waals surface area contributed by atoms with E-state index >= 15 is 0 Å². The van der Waals surface area contributed by atoms with Gasteiger partial charge in [-0.05, 0) is 36.1 Å². The molecule has 0 fully saturated rings. The second-order valence-corrected chi connectivity index (χ2v) is 8.95. The van der Waals surface area contributed by atoms with Crippen LogP contribution >= 0.6 is 0 Å². The number of carbonyl (C=O) groups is 2. The van der Waals surface area contributed by atoms with Gasteiger partial charge in [-0.25, -0.2) is 14.2 Å². The van der Waals surface area contributed by atoms with Crippen LogP contribution in [0, 0.1) is 12.7 Å². The van der Waals surface area contributed by atoms with Crippen LogP contribution in [0.3, 0.4) is 0 Å². The molecule has 5 rings (SSSR count). The van der Waals surface area contributed by atoms with Crippen LogP contribution in [0.2, 0.25) is 0 Å². The SMILES string of the molecule is C=Cc1c(C)c(F)cc2nc3c(c(CNC(=O)CO)c12)Cn1c-3cc2c(c1=O)COC(=O)[C@]2(O)CC. The number of aliphatic hydroxyl groups is 2. The first-order chi connectivity index (χ1) is 17.2. The largest absolute Gasteiger partial charge is 0.458 e. The lowest BCUT2D eigenvalue weighted by Gasteiger charge is -2.31.